The van der Waals surface area contributed by atoms with Crippen molar-refractivity contribution in [1.82, 2.24) is 10.3 Å². The summed E-state index contributed by atoms with van der Waals surface area (Å²) in [5, 5.41) is 5.54. The van der Waals surface area contributed by atoms with Crippen molar-refractivity contribution in [2.24, 2.45) is 0 Å². The average molecular weight is 269 g/mol. The number of benzene rings is 1. The lowest BCUT2D eigenvalue weighted by Crippen LogP contribution is -2.30. The maximum absolute atomic E-state index is 11.7. The summed E-state index contributed by atoms with van der Waals surface area (Å²) in [7, 11) is 0. The van der Waals surface area contributed by atoms with Crippen LogP contribution in [0.5, 0.6) is 0 Å². The van der Waals surface area contributed by atoms with Crippen LogP contribution in [-0.4, -0.2) is 17.6 Å². The number of aromatic nitrogens is 1. The number of rotatable bonds is 4. The summed E-state index contributed by atoms with van der Waals surface area (Å²) < 4.78 is 0. The summed E-state index contributed by atoms with van der Waals surface area (Å²) in [4.78, 5) is 15.8. The van der Waals surface area contributed by atoms with Crippen molar-refractivity contribution >= 4 is 11.8 Å². The number of carbonyl (C=O) groups excluding carboxylic acids is 1. The largest absolute Gasteiger partial charge is 0.337 e. The highest BCUT2D eigenvalue weighted by Crippen LogP contribution is 2.05. The number of carbonyl (C=O) groups is 1. The highest BCUT2D eigenvalue weighted by atomic mass is 16.2. The first kappa shape index (κ1) is 14.1. The highest BCUT2D eigenvalue weighted by molar-refractivity contribution is 5.88. The van der Waals surface area contributed by atoms with Crippen LogP contribution < -0.4 is 10.6 Å². The Morgan fingerprint density at radius 2 is 1.85 bits per heavy atom. The van der Waals surface area contributed by atoms with Gasteiger partial charge in [0.1, 0.15) is 5.82 Å². The van der Waals surface area contributed by atoms with E-state index in [-0.39, 0.29) is 6.03 Å². The van der Waals surface area contributed by atoms with E-state index in [4.69, 9.17) is 0 Å². The Labute approximate surface area is 119 Å². The number of hydrogen-bond donors (Lipinski definition) is 2. The van der Waals surface area contributed by atoms with Gasteiger partial charge < -0.3 is 5.32 Å². The third-order valence-corrected chi connectivity index (χ3v) is 2.98. The Morgan fingerprint density at radius 3 is 2.55 bits per heavy atom. The summed E-state index contributed by atoms with van der Waals surface area (Å²) in [5.74, 6) is 0.567. The lowest BCUT2D eigenvalue weighted by Gasteiger charge is -2.07. The standard InChI is InChI=1S/C16H19N3O/c1-12-3-5-14(6-4-12)8-10-18-16(20)19-15-11-13(2)7-9-17-15/h3-7,9,11H,8,10H2,1-2H3,(H2,17,18,19,20). The molecular formula is C16H19N3O. The maximum Gasteiger partial charge on any atom is 0.320 e. The molecule has 0 saturated heterocycles. The normalized spacial score (nSPS) is 10.1. The first-order valence-corrected chi connectivity index (χ1v) is 6.66. The van der Waals surface area contributed by atoms with Crippen molar-refractivity contribution in [3.8, 4) is 0 Å². The van der Waals surface area contributed by atoms with Gasteiger partial charge in [-0.25, -0.2) is 9.78 Å². The minimum absolute atomic E-state index is 0.227. The predicted molar refractivity (Wildman–Crippen MR) is 80.9 cm³/mol. The summed E-state index contributed by atoms with van der Waals surface area (Å²) in [6.07, 6.45) is 2.49. The van der Waals surface area contributed by atoms with Gasteiger partial charge in [0.25, 0.3) is 0 Å². The Kier molecular flexibility index (Phi) is 4.71. The van der Waals surface area contributed by atoms with Gasteiger partial charge in [-0.1, -0.05) is 29.8 Å². The van der Waals surface area contributed by atoms with Crippen LogP contribution in [0.4, 0.5) is 10.6 Å². The van der Waals surface area contributed by atoms with Gasteiger partial charge in [-0.3, -0.25) is 5.32 Å². The van der Waals surface area contributed by atoms with Crippen LogP contribution in [0.15, 0.2) is 42.6 Å². The third-order valence-electron chi connectivity index (χ3n) is 2.98. The molecule has 2 aromatic rings. The molecule has 2 N–H and O–H groups in total. The summed E-state index contributed by atoms with van der Waals surface area (Å²) >= 11 is 0. The molecule has 0 unspecified atom stereocenters. The van der Waals surface area contributed by atoms with E-state index in [0.717, 1.165) is 12.0 Å². The second-order valence-electron chi connectivity index (χ2n) is 4.83. The molecule has 0 aliphatic rings. The number of urea groups is 1. The van der Waals surface area contributed by atoms with Crippen molar-refractivity contribution in [2.75, 3.05) is 11.9 Å². The second-order valence-corrected chi connectivity index (χ2v) is 4.83. The zero-order valence-corrected chi connectivity index (χ0v) is 11.8. The molecule has 0 saturated carbocycles. The number of aryl methyl sites for hydroxylation is 2. The fourth-order valence-electron chi connectivity index (χ4n) is 1.84. The molecule has 2 amide bonds. The number of amides is 2. The fraction of sp³-hybridized carbons (Fsp3) is 0.250. The molecule has 0 spiro atoms. The van der Waals surface area contributed by atoms with Crippen LogP contribution >= 0.6 is 0 Å². The van der Waals surface area contributed by atoms with Gasteiger partial charge in [0, 0.05) is 12.7 Å². The van der Waals surface area contributed by atoms with Gasteiger partial charge >= 0.3 is 6.03 Å². The molecule has 0 fully saturated rings. The monoisotopic (exact) mass is 269 g/mol. The SMILES string of the molecule is Cc1ccc(CCNC(=O)Nc2cc(C)ccn2)cc1. The fourth-order valence-corrected chi connectivity index (χ4v) is 1.84. The Morgan fingerprint density at radius 1 is 1.10 bits per heavy atom. The lowest BCUT2D eigenvalue weighted by molar-refractivity contribution is 0.252. The van der Waals surface area contributed by atoms with Gasteiger partial charge in [0.2, 0.25) is 0 Å². The van der Waals surface area contributed by atoms with Crippen LogP contribution in [-0.2, 0) is 6.42 Å². The van der Waals surface area contributed by atoms with E-state index in [1.807, 2.05) is 19.1 Å². The molecule has 1 aromatic heterocycles. The van der Waals surface area contributed by atoms with E-state index >= 15 is 0 Å². The molecule has 1 aromatic carbocycles. The zero-order chi connectivity index (χ0) is 14.4. The number of anilines is 1. The summed E-state index contributed by atoms with van der Waals surface area (Å²) in [6.45, 7) is 4.62. The molecule has 0 aliphatic heterocycles. The van der Waals surface area contributed by atoms with Crippen LogP contribution in [0.2, 0.25) is 0 Å². The number of hydrogen-bond acceptors (Lipinski definition) is 2. The Balaban J connectivity index is 1.76. The van der Waals surface area contributed by atoms with Gasteiger partial charge in [-0.15, -0.1) is 0 Å². The molecule has 0 atom stereocenters. The molecule has 104 valence electrons. The zero-order valence-electron chi connectivity index (χ0n) is 11.8. The van der Waals surface area contributed by atoms with E-state index < -0.39 is 0 Å². The van der Waals surface area contributed by atoms with E-state index in [9.17, 15) is 4.79 Å². The molecule has 4 heteroatoms. The van der Waals surface area contributed by atoms with Crippen molar-refractivity contribution in [3.63, 3.8) is 0 Å². The number of pyridine rings is 1. The van der Waals surface area contributed by atoms with E-state index in [0.29, 0.717) is 12.4 Å². The van der Waals surface area contributed by atoms with Crippen LogP contribution in [0.25, 0.3) is 0 Å². The molecule has 1 heterocycles. The van der Waals surface area contributed by atoms with Crippen molar-refractivity contribution in [3.05, 3.63) is 59.3 Å². The third kappa shape index (κ3) is 4.39. The van der Waals surface area contributed by atoms with Gasteiger partial charge in [0.05, 0.1) is 0 Å². The Hall–Kier alpha value is -2.36. The molecule has 20 heavy (non-hydrogen) atoms. The molecule has 0 radical (unpaired) electrons. The number of nitrogens with one attached hydrogen (secondary N) is 2. The lowest BCUT2D eigenvalue weighted by atomic mass is 10.1. The van der Waals surface area contributed by atoms with Crippen LogP contribution in [0, 0.1) is 13.8 Å². The van der Waals surface area contributed by atoms with Crippen molar-refractivity contribution in [1.29, 1.82) is 0 Å². The first-order valence-electron chi connectivity index (χ1n) is 6.66. The first-order chi connectivity index (χ1) is 9.63. The van der Waals surface area contributed by atoms with E-state index in [1.165, 1.54) is 11.1 Å². The Bertz CT molecular complexity index is 579. The summed E-state index contributed by atoms with van der Waals surface area (Å²) in [5.41, 5.74) is 3.52. The van der Waals surface area contributed by atoms with Gasteiger partial charge in [-0.05, 0) is 43.5 Å². The second kappa shape index (κ2) is 6.70. The van der Waals surface area contributed by atoms with Crippen LogP contribution in [0.1, 0.15) is 16.7 Å². The minimum atomic E-state index is -0.227. The molecule has 0 aliphatic carbocycles. The van der Waals surface area contributed by atoms with Crippen molar-refractivity contribution < 1.29 is 4.79 Å². The molecule has 2 rings (SSSR count). The smallest absolute Gasteiger partial charge is 0.320 e. The highest BCUT2D eigenvalue weighted by Gasteiger charge is 2.02. The predicted octanol–water partition coefficient (Wildman–Crippen LogP) is 3.06. The van der Waals surface area contributed by atoms with Gasteiger partial charge in [0.15, 0.2) is 0 Å². The summed E-state index contributed by atoms with van der Waals surface area (Å²) in [6, 6.07) is 11.8. The average Bonchev–Trinajstić information content (AvgIpc) is 2.41. The topological polar surface area (TPSA) is 54.0 Å². The van der Waals surface area contributed by atoms with Crippen molar-refractivity contribution in [2.45, 2.75) is 20.3 Å². The van der Waals surface area contributed by atoms with E-state index in [1.54, 1.807) is 6.20 Å². The maximum atomic E-state index is 11.7. The minimum Gasteiger partial charge on any atom is -0.337 e. The molecular weight excluding hydrogens is 250 g/mol. The number of nitrogens with zero attached hydrogens (tertiary/aromatic N) is 1. The molecule has 4 nitrogen and oxygen atoms in total. The quantitative estimate of drug-likeness (QED) is 0.896. The van der Waals surface area contributed by atoms with E-state index in [2.05, 4.69) is 46.8 Å². The van der Waals surface area contributed by atoms with Gasteiger partial charge in [-0.2, -0.15) is 0 Å². The van der Waals surface area contributed by atoms with Crippen LogP contribution in [0.3, 0.4) is 0 Å². The molecule has 0 bridgehead atoms.